The molecule has 7 heteroatoms. The zero-order valence-corrected chi connectivity index (χ0v) is 12.1. The van der Waals surface area contributed by atoms with E-state index in [1.807, 2.05) is 0 Å². The summed E-state index contributed by atoms with van der Waals surface area (Å²) in [6.07, 6.45) is 0. The first kappa shape index (κ1) is 13.5. The van der Waals surface area contributed by atoms with E-state index in [2.05, 4.69) is 4.98 Å². The van der Waals surface area contributed by atoms with Gasteiger partial charge in [0.25, 0.3) is 0 Å². The molecule has 0 saturated heterocycles. The van der Waals surface area contributed by atoms with Crippen molar-refractivity contribution in [1.82, 2.24) is 9.55 Å². The van der Waals surface area contributed by atoms with Crippen molar-refractivity contribution in [3.05, 3.63) is 51.2 Å². The van der Waals surface area contributed by atoms with Gasteiger partial charge < -0.3 is 5.73 Å². The van der Waals surface area contributed by atoms with E-state index < -0.39 is 5.82 Å². The first-order chi connectivity index (χ1) is 9.49. The van der Waals surface area contributed by atoms with Crippen LogP contribution in [0.15, 0.2) is 30.3 Å². The van der Waals surface area contributed by atoms with Crippen LogP contribution in [0.25, 0.3) is 16.7 Å². The molecule has 2 N–H and O–H groups in total. The van der Waals surface area contributed by atoms with E-state index in [1.54, 1.807) is 22.8 Å². The Morgan fingerprint density at radius 1 is 1.05 bits per heavy atom. The largest absolute Gasteiger partial charge is 0.369 e. The van der Waals surface area contributed by atoms with Crippen molar-refractivity contribution in [1.29, 1.82) is 0 Å². The van der Waals surface area contributed by atoms with Crippen molar-refractivity contribution in [3.8, 4) is 5.69 Å². The number of hydrogen-bond acceptors (Lipinski definition) is 2. The Kier molecular flexibility index (Phi) is 3.24. The second kappa shape index (κ2) is 4.81. The van der Waals surface area contributed by atoms with Crippen LogP contribution in [0.2, 0.25) is 15.1 Å². The topological polar surface area (TPSA) is 43.8 Å². The summed E-state index contributed by atoms with van der Waals surface area (Å²) in [6, 6.07) is 7.57. The molecule has 2 aromatic carbocycles. The number of fused-ring (bicyclic) bond motifs is 1. The van der Waals surface area contributed by atoms with Crippen molar-refractivity contribution in [2.75, 3.05) is 5.73 Å². The predicted octanol–water partition coefficient (Wildman–Crippen LogP) is 4.71. The lowest BCUT2D eigenvalue weighted by Gasteiger charge is -2.11. The second-order valence-electron chi connectivity index (χ2n) is 4.13. The van der Waals surface area contributed by atoms with Crippen LogP contribution >= 0.6 is 34.8 Å². The van der Waals surface area contributed by atoms with E-state index in [-0.39, 0.29) is 16.0 Å². The van der Waals surface area contributed by atoms with Gasteiger partial charge in [-0.05, 0) is 24.3 Å². The highest BCUT2D eigenvalue weighted by Crippen LogP contribution is 2.35. The number of anilines is 1. The van der Waals surface area contributed by atoms with Gasteiger partial charge in [-0.1, -0.05) is 40.9 Å². The normalized spacial score (nSPS) is 11.2. The Morgan fingerprint density at radius 3 is 2.35 bits per heavy atom. The van der Waals surface area contributed by atoms with Crippen LogP contribution in [0.3, 0.4) is 0 Å². The highest BCUT2D eigenvalue weighted by molar-refractivity contribution is 6.38. The smallest absolute Gasteiger partial charge is 0.206 e. The Labute approximate surface area is 128 Å². The van der Waals surface area contributed by atoms with Crippen molar-refractivity contribution >= 4 is 51.8 Å². The predicted molar refractivity (Wildman–Crippen MR) is 80.5 cm³/mol. The minimum Gasteiger partial charge on any atom is -0.369 e. The Morgan fingerprint density at radius 2 is 1.70 bits per heavy atom. The highest BCUT2D eigenvalue weighted by Gasteiger charge is 2.18. The molecule has 0 atom stereocenters. The number of benzene rings is 2. The summed E-state index contributed by atoms with van der Waals surface area (Å²) in [4.78, 5) is 4.19. The van der Waals surface area contributed by atoms with Gasteiger partial charge in [-0.25, -0.2) is 9.37 Å². The van der Waals surface area contributed by atoms with Gasteiger partial charge in [0.05, 0.1) is 26.3 Å². The molecule has 0 fully saturated rings. The molecule has 0 saturated carbocycles. The third-order valence-electron chi connectivity index (χ3n) is 2.87. The molecule has 20 heavy (non-hydrogen) atoms. The van der Waals surface area contributed by atoms with Gasteiger partial charge >= 0.3 is 0 Å². The zero-order valence-electron chi connectivity index (χ0n) is 9.87. The summed E-state index contributed by atoms with van der Waals surface area (Å²) in [5, 5.41) is 0.740. The van der Waals surface area contributed by atoms with E-state index in [1.165, 1.54) is 12.1 Å². The first-order valence-electron chi connectivity index (χ1n) is 5.56. The lowest BCUT2D eigenvalue weighted by molar-refractivity contribution is 0.627. The summed E-state index contributed by atoms with van der Waals surface area (Å²) >= 11 is 18.2. The van der Waals surface area contributed by atoms with Crippen LogP contribution in [-0.2, 0) is 0 Å². The SMILES string of the molecule is Nc1nc2c(Cl)cccc2n1-c1c(Cl)cc(F)cc1Cl. The molecule has 0 unspecified atom stereocenters. The number of aromatic nitrogens is 2. The molecule has 0 spiro atoms. The molecule has 3 aromatic rings. The molecule has 0 aliphatic heterocycles. The van der Waals surface area contributed by atoms with Gasteiger partial charge in [-0.15, -0.1) is 0 Å². The second-order valence-corrected chi connectivity index (χ2v) is 5.35. The summed E-state index contributed by atoms with van der Waals surface area (Å²) in [5.74, 6) is -0.353. The number of halogens is 4. The zero-order chi connectivity index (χ0) is 14.4. The summed E-state index contributed by atoms with van der Waals surface area (Å²) in [7, 11) is 0. The van der Waals surface area contributed by atoms with Crippen LogP contribution in [0, 0.1) is 5.82 Å². The number of hydrogen-bond donors (Lipinski definition) is 1. The Balaban J connectivity index is 2.42. The average Bonchev–Trinajstić information content (AvgIpc) is 2.67. The number of nitrogens with two attached hydrogens (primary N) is 1. The van der Waals surface area contributed by atoms with Crippen LogP contribution < -0.4 is 5.73 Å². The van der Waals surface area contributed by atoms with E-state index >= 15 is 0 Å². The standard InChI is InChI=1S/C13H7Cl3FN3/c14-7-2-1-3-10-11(7)19-13(18)20(10)12-8(15)4-6(17)5-9(12)16/h1-5H,(H2,18,19). The minimum atomic E-state index is -0.523. The molecule has 0 aliphatic rings. The molecule has 102 valence electrons. The third-order valence-corrected chi connectivity index (χ3v) is 3.75. The number of rotatable bonds is 1. The van der Waals surface area contributed by atoms with Gasteiger partial charge in [-0.3, -0.25) is 4.57 Å². The Bertz CT molecular complexity index is 806. The van der Waals surface area contributed by atoms with Crippen LogP contribution in [0.4, 0.5) is 10.3 Å². The van der Waals surface area contributed by atoms with E-state index in [9.17, 15) is 4.39 Å². The number of para-hydroxylation sites is 1. The van der Waals surface area contributed by atoms with Crippen LogP contribution in [0.5, 0.6) is 0 Å². The third kappa shape index (κ3) is 2.00. The van der Waals surface area contributed by atoms with Crippen molar-refractivity contribution in [2.45, 2.75) is 0 Å². The van der Waals surface area contributed by atoms with Gasteiger partial charge in [0.1, 0.15) is 11.3 Å². The Hall–Kier alpha value is -1.49. The fourth-order valence-corrected chi connectivity index (χ4v) is 2.91. The number of imidazole rings is 1. The molecular weight excluding hydrogens is 324 g/mol. The molecule has 3 rings (SSSR count). The average molecular weight is 331 g/mol. The van der Waals surface area contributed by atoms with E-state index in [0.29, 0.717) is 21.7 Å². The monoisotopic (exact) mass is 329 g/mol. The van der Waals surface area contributed by atoms with Gasteiger partial charge in [-0.2, -0.15) is 0 Å². The molecule has 1 aromatic heterocycles. The minimum absolute atomic E-state index is 0.140. The van der Waals surface area contributed by atoms with Gasteiger partial charge in [0.15, 0.2) is 0 Å². The maximum absolute atomic E-state index is 13.3. The fourth-order valence-electron chi connectivity index (χ4n) is 2.07. The van der Waals surface area contributed by atoms with Gasteiger partial charge in [0, 0.05) is 0 Å². The molecule has 0 radical (unpaired) electrons. The van der Waals surface area contributed by atoms with Crippen LogP contribution in [0.1, 0.15) is 0 Å². The van der Waals surface area contributed by atoms with E-state index in [0.717, 1.165) is 0 Å². The summed E-state index contributed by atoms with van der Waals surface area (Å²) < 4.78 is 14.8. The molecule has 1 heterocycles. The maximum Gasteiger partial charge on any atom is 0.206 e. The molecular formula is C13H7Cl3FN3. The summed E-state index contributed by atoms with van der Waals surface area (Å²) in [6.45, 7) is 0. The lowest BCUT2D eigenvalue weighted by Crippen LogP contribution is -2.02. The van der Waals surface area contributed by atoms with Crippen molar-refractivity contribution in [3.63, 3.8) is 0 Å². The fraction of sp³-hybridized carbons (Fsp3) is 0. The molecule has 3 nitrogen and oxygen atoms in total. The molecule has 0 aliphatic carbocycles. The van der Waals surface area contributed by atoms with E-state index in [4.69, 9.17) is 40.5 Å². The van der Waals surface area contributed by atoms with Crippen molar-refractivity contribution in [2.24, 2.45) is 0 Å². The number of nitrogen functional groups attached to an aromatic ring is 1. The quantitative estimate of drug-likeness (QED) is 0.702. The first-order valence-corrected chi connectivity index (χ1v) is 6.70. The van der Waals surface area contributed by atoms with Crippen molar-refractivity contribution < 1.29 is 4.39 Å². The maximum atomic E-state index is 13.3. The molecule has 0 amide bonds. The lowest BCUT2D eigenvalue weighted by atomic mass is 10.2. The highest BCUT2D eigenvalue weighted by atomic mass is 35.5. The molecule has 0 bridgehead atoms. The number of nitrogens with zero attached hydrogens (tertiary/aromatic N) is 2. The summed E-state index contributed by atoms with van der Waals surface area (Å²) in [5.41, 5.74) is 7.46. The van der Waals surface area contributed by atoms with Crippen LogP contribution in [-0.4, -0.2) is 9.55 Å². The van der Waals surface area contributed by atoms with Gasteiger partial charge in [0.2, 0.25) is 5.95 Å².